The fourth-order valence-electron chi connectivity index (χ4n) is 1.99. The van der Waals surface area contributed by atoms with Gasteiger partial charge in [-0.3, -0.25) is 0 Å². The smallest absolute Gasteiger partial charge is 0.129 e. The molecular formula is C12H17N3OS. The molecule has 1 aliphatic rings. The minimum absolute atomic E-state index is 0.0555. The largest absolute Gasteiger partial charge is 0.388 e. The van der Waals surface area contributed by atoms with Crippen molar-refractivity contribution in [3.63, 3.8) is 0 Å². The first-order valence-corrected chi connectivity index (χ1v) is 6.04. The zero-order chi connectivity index (χ0) is 12.5. The van der Waals surface area contributed by atoms with Crippen LogP contribution in [0.25, 0.3) is 0 Å². The van der Waals surface area contributed by atoms with Gasteiger partial charge in [0.15, 0.2) is 0 Å². The van der Waals surface area contributed by atoms with Crippen LogP contribution >= 0.6 is 12.2 Å². The van der Waals surface area contributed by atoms with E-state index in [4.69, 9.17) is 22.7 Å². The van der Waals surface area contributed by atoms with Gasteiger partial charge in [0.1, 0.15) is 10.8 Å². The van der Waals surface area contributed by atoms with Crippen LogP contribution in [0.3, 0.4) is 0 Å². The number of nitrogens with zero attached hydrogens (tertiary/aromatic N) is 2. The van der Waals surface area contributed by atoms with Gasteiger partial charge < -0.3 is 15.4 Å². The summed E-state index contributed by atoms with van der Waals surface area (Å²) in [7, 11) is 0. The number of hydrogen-bond donors (Lipinski definition) is 1. The summed E-state index contributed by atoms with van der Waals surface area (Å²) in [6, 6.07) is 5.75. The normalized spacial score (nSPS) is 19.1. The number of aromatic nitrogens is 1. The molecule has 1 aromatic heterocycles. The second-order valence-electron chi connectivity index (χ2n) is 4.76. The van der Waals surface area contributed by atoms with Crippen LogP contribution in [0.15, 0.2) is 18.2 Å². The van der Waals surface area contributed by atoms with E-state index in [9.17, 15) is 0 Å². The van der Waals surface area contributed by atoms with Gasteiger partial charge in [-0.25, -0.2) is 4.98 Å². The molecule has 0 atom stereocenters. The van der Waals surface area contributed by atoms with Crippen LogP contribution in [0.4, 0.5) is 5.82 Å². The molecule has 1 fully saturated rings. The SMILES string of the molecule is CC1(C)COCCN1c1cccc(C(N)=S)n1. The average Bonchev–Trinajstić information content (AvgIpc) is 2.28. The van der Waals surface area contributed by atoms with Crippen molar-refractivity contribution in [1.29, 1.82) is 0 Å². The number of rotatable bonds is 2. The molecule has 0 unspecified atom stereocenters. The molecule has 1 saturated heterocycles. The number of nitrogens with two attached hydrogens (primary N) is 1. The molecule has 0 aliphatic carbocycles. The number of morpholine rings is 1. The van der Waals surface area contributed by atoms with Gasteiger partial charge in [-0.2, -0.15) is 0 Å². The van der Waals surface area contributed by atoms with Crippen molar-refractivity contribution in [1.82, 2.24) is 4.98 Å². The standard InChI is InChI=1S/C12H17N3OS/c1-12(2)8-16-7-6-15(12)10-5-3-4-9(14-10)11(13)17/h3-5H,6-8H2,1-2H3,(H2,13,17). The van der Waals surface area contributed by atoms with E-state index in [2.05, 4.69) is 23.7 Å². The van der Waals surface area contributed by atoms with Crippen molar-refractivity contribution in [3.8, 4) is 0 Å². The van der Waals surface area contributed by atoms with Crippen molar-refractivity contribution in [3.05, 3.63) is 23.9 Å². The quantitative estimate of drug-likeness (QED) is 0.804. The fourth-order valence-corrected chi connectivity index (χ4v) is 2.11. The van der Waals surface area contributed by atoms with E-state index in [1.165, 1.54) is 0 Å². The molecule has 0 saturated carbocycles. The number of anilines is 1. The van der Waals surface area contributed by atoms with E-state index in [1.54, 1.807) is 0 Å². The number of hydrogen-bond acceptors (Lipinski definition) is 4. The van der Waals surface area contributed by atoms with Crippen LogP contribution in [0.1, 0.15) is 19.5 Å². The van der Waals surface area contributed by atoms with E-state index in [0.29, 0.717) is 17.3 Å². The Hall–Kier alpha value is -1.20. The lowest BCUT2D eigenvalue weighted by Crippen LogP contribution is -2.53. The highest BCUT2D eigenvalue weighted by Crippen LogP contribution is 2.25. The van der Waals surface area contributed by atoms with Gasteiger partial charge in [-0.05, 0) is 26.0 Å². The summed E-state index contributed by atoms with van der Waals surface area (Å²) in [5.74, 6) is 0.906. The molecule has 1 aliphatic heterocycles. The van der Waals surface area contributed by atoms with Crippen molar-refractivity contribution >= 4 is 23.0 Å². The molecule has 17 heavy (non-hydrogen) atoms. The molecule has 0 amide bonds. The Morgan fingerprint density at radius 2 is 2.29 bits per heavy atom. The highest BCUT2D eigenvalue weighted by molar-refractivity contribution is 7.80. The minimum atomic E-state index is -0.0555. The van der Waals surface area contributed by atoms with Crippen LogP contribution in [-0.4, -0.2) is 35.3 Å². The number of pyridine rings is 1. The molecule has 1 aromatic rings. The van der Waals surface area contributed by atoms with Crippen molar-refractivity contribution in [2.24, 2.45) is 5.73 Å². The highest BCUT2D eigenvalue weighted by Gasteiger charge is 2.31. The van der Waals surface area contributed by atoms with Gasteiger partial charge in [0.05, 0.1) is 24.4 Å². The second-order valence-corrected chi connectivity index (χ2v) is 5.20. The molecule has 0 spiro atoms. The third-order valence-electron chi connectivity index (χ3n) is 2.91. The monoisotopic (exact) mass is 251 g/mol. The minimum Gasteiger partial charge on any atom is -0.388 e. The summed E-state index contributed by atoms with van der Waals surface area (Å²) in [6.07, 6.45) is 0. The van der Waals surface area contributed by atoms with Crippen molar-refractivity contribution in [2.45, 2.75) is 19.4 Å². The Labute approximate surface area is 107 Å². The van der Waals surface area contributed by atoms with Crippen LogP contribution in [0.2, 0.25) is 0 Å². The Morgan fingerprint density at radius 1 is 1.53 bits per heavy atom. The maximum atomic E-state index is 5.61. The Balaban J connectivity index is 2.32. The lowest BCUT2D eigenvalue weighted by atomic mass is 10.0. The Bertz CT molecular complexity index is 434. The van der Waals surface area contributed by atoms with Gasteiger partial charge in [0.2, 0.25) is 0 Å². The third-order valence-corrected chi connectivity index (χ3v) is 3.12. The molecule has 5 heteroatoms. The van der Waals surface area contributed by atoms with E-state index >= 15 is 0 Å². The predicted molar refractivity (Wildman–Crippen MR) is 72.4 cm³/mol. The molecule has 2 rings (SSSR count). The Kier molecular flexibility index (Phi) is 3.31. The van der Waals surface area contributed by atoms with E-state index in [0.717, 1.165) is 19.0 Å². The topological polar surface area (TPSA) is 51.4 Å². The summed E-state index contributed by atoms with van der Waals surface area (Å²) in [5.41, 5.74) is 6.22. The van der Waals surface area contributed by atoms with Crippen molar-refractivity contribution < 1.29 is 4.74 Å². The maximum absolute atomic E-state index is 5.61. The summed E-state index contributed by atoms with van der Waals surface area (Å²) in [6.45, 7) is 6.54. The third kappa shape index (κ3) is 2.56. The lowest BCUT2D eigenvalue weighted by Gasteiger charge is -2.43. The average molecular weight is 251 g/mol. The van der Waals surface area contributed by atoms with Gasteiger partial charge in [0.25, 0.3) is 0 Å². The fraction of sp³-hybridized carbons (Fsp3) is 0.500. The number of ether oxygens (including phenoxy) is 1. The van der Waals surface area contributed by atoms with Gasteiger partial charge in [0, 0.05) is 6.54 Å². The number of thiocarbonyl (C=S) groups is 1. The van der Waals surface area contributed by atoms with E-state index in [-0.39, 0.29) is 5.54 Å². The molecule has 0 bridgehead atoms. The van der Waals surface area contributed by atoms with Gasteiger partial charge in [-0.1, -0.05) is 18.3 Å². The summed E-state index contributed by atoms with van der Waals surface area (Å²) in [4.78, 5) is 7.06. The molecular weight excluding hydrogens is 234 g/mol. The van der Waals surface area contributed by atoms with Gasteiger partial charge >= 0.3 is 0 Å². The van der Waals surface area contributed by atoms with E-state index < -0.39 is 0 Å². The predicted octanol–water partition coefficient (Wildman–Crippen LogP) is 1.33. The molecule has 0 aromatic carbocycles. The van der Waals surface area contributed by atoms with E-state index in [1.807, 2.05) is 18.2 Å². The highest BCUT2D eigenvalue weighted by atomic mass is 32.1. The molecule has 2 heterocycles. The van der Waals surface area contributed by atoms with Gasteiger partial charge in [-0.15, -0.1) is 0 Å². The van der Waals surface area contributed by atoms with Crippen LogP contribution in [0, 0.1) is 0 Å². The lowest BCUT2D eigenvalue weighted by molar-refractivity contribution is 0.0639. The molecule has 92 valence electrons. The zero-order valence-electron chi connectivity index (χ0n) is 10.1. The molecule has 4 nitrogen and oxygen atoms in total. The maximum Gasteiger partial charge on any atom is 0.129 e. The summed E-state index contributed by atoms with van der Waals surface area (Å²) >= 11 is 4.95. The first-order chi connectivity index (χ1) is 8.00. The van der Waals surface area contributed by atoms with Crippen molar-refractivity contribution in [2.75, 3.05) is 24.7 Å². The molecule has 0 radical (unpaired) electrons. The molecule has 2 N–H and O–H groups in total. The first-order valence-electron chi connectivity index (χ1n) is 5.63. The first kappa shape index (κ1) is 12.3. The van der Waals surface area contributed by atoms with Crippen LogP contribution in [-0.2, 0) is 4.74 Å². The summed E-state index contributed by atoms with van der Waals surface area (Å²) in [5, 5.41) is 0. The van der Waals surface area contributed by atoms with Crippen LogP contribution < -0.4 is 10.6 Å². The summed E-state index contributed by atoms with van der Waals surface area (Å²) < 4.78 is 5.49. The second kappa shape index (κ2) is 4.58. The Morgan fingerprint density at radius 3 is 2.94 bits per heavy atom. The zero-order valence-corrected chi connectivity index (χ0v) is 11.0. The van der Waals surface area contributed by atoms with Crippen LogP contribution in [0.5, 0.6) is 0 Å².